The Hall–Kier alpha value is -1.98. The lowest BCUT2D eigenvalue weighted by molar-refractivity contribution is 0.446. The SMILES string of the molecule is CC1(C)CCc2nn(-c3cc(F)c(F)c(F)c3)c(N)c21. The first kappa shape index (κ1) is 13.0. The van der Waals surface area contributed by atoms with E-state index >= 15 is 0 Å². The molecule has 0 saturated carbocycles. The van der Waals surface area contributed by atoms with Gasteiger partial charge in [0.1, 0.15) is 5.82 Å². The predicted octanol–water partition coefficient (Wildman–Crippen LogP) is 3.10. The number of benzene rings is 1. The molecule has 1 heterocycles. The van der Waals surface area contributed by atoms with E-state index in [2.05, 4.69) is 5.10 Å². The molecule has 0 unspecified atom stereocenters. The van der Waals surface area contributed by atoms with Crippen LogP contribution < -0.4 is 5.73 Å². The van der Waals surface area contributed by atoms with Crippen LogP contribution in [0, 0.1) is 17.5 Å². The summed E-state index contributed by atoms with van der Waals surface area (Å²) >= 11 is 0. The molecule has 106 valence electrons. The summed E-state index contributed by atoms with van der Waals surface area (Å²) in [6.07, 6.45) is 1.70. The Morgan fingerprint density at radius 3 is 2.35 bits per heavy atom. The fourth-order valence-corrected chi connectivity index (χ4v) is 2.81. The van der Waals surface area contributed by atoms with Gasteiger partial charge in [-0.05, 0) is 18.3 Å². The summed E-state index contributed by atoms with van der Waals surface area (Å²) in [5.74, 6) is -3.65. The smallest absolute Gasteiger partial charge is 0.194 e. The molecule has 3 rings (SSSR count). The standard InChI is InChI=1S/C14H14F3N3/c1-14(2)4-3-10-11(14)13(18)20(19-10)7-5-8(15)12(17)9(16)6-7/h5-6H,3-4,18H2,1-2H3. The summed E-state index contributed by atoms with van der Waals surface area (Å²) in [7, 11) is 0. The fraction of sp³-hybridized carbons (Fsp3) is 0.357. The van der Waals surface area contributed by atoms with Gasteiger partial charge in [-0.2, -0.15) is 5.10 Å². The van der Waals surface area contributed by atoms with Crippen molar-refractivity contribution < 1.29 is 13.2 Å². The molecule has 20 heavy (non-hydrogen) atoms. The Morgan fingerprint density at radius 2 is 1.80 bits per heavy atom. The first-order chi connectivity index (χ1) is 9.31. The lowest BCUT2D eigenvalue weighted by Gasteiger charge is -2.18. The van der Waals surface area contributed by atoms with Crippen LogP contribution in [0.2, 0.25) is 0 Å². The Bertz CT molecular complexity index is 681. The second-order valence-electron chi connectivity index (χ2n) is 5.73. The molecule has 2 aromatic rings. The number of fused-ring (bicyclic) bond motifs is 1. The van der Waals surface area contributed by atoms with E-state index < -0.39 is 17.5 Å². The molecule has 1 aromatic heterocycles. The van der Waals surface area contributed by atoms with Gasteiger partial charge in [-0.3, -0.25) is 0 Å². The molecule has 0 spiro atoms. The van der Waals surface area contributed by atoms with Gasteiger partial charge in [-0.15, -0.1) is 0 Å². The van der Waals surface area contributed by atoms with Crippen LogP contribution in [0.25, 0.3) is 5.69 Å². The van der Waals surface area contributed by atoms with E-state index in [0.29, 0.717) is 5.82 Å². The summed E-state index contributed by atoms with van der Waals surface area (Å²) in [6.45, 7) is 4.10. The number of rotatable bonds is 1. The number of aromatic nitrogens is 2. The Balaban J connectivity index is 2.18. The van der Waals surface area contributed by atoms with Crippen molar-refractivity contribution in [3.8, 4) is 5.69 Å². The van der Waals surface area contributed by atoms with Crippen LogP contribution in [-0.4, -0.2) is 9.78 Å². The minimum atomic E-state index is -1.49. The Labute approximate surface area is 114 Å². The highest BCUT2D eigenvalue weighted by atomic mass is 19.2. The normalized spacial score (nSPS) is 16.4. The molecule has 0 radical (unpaired) electrons. The van der Waals surface area contributed by atoms with Gasteiger partial charge in [-0.25, -0.2) is 17.9 Å². The third-order valence-corrected chi connectivity index (χ3v) is 3.87. The summed E-state index contributed by atoms with van der Waals surface area (Å²) < 4.78 is 40.9. The number of aryl methyl sites for hydroxylation is 1. The van der Waals surface area contributed by atoms with Crippen LogP contribution >= 0.6 is 0 Å². The maximum absolute atomic E-state index is 13.3. The van der Waals surface area contributed by atoms with Gasteiger partial charge in [-0.1, -0.05) is 13.8 Å². The summed E-state index contributed by atoms with van der Waals surface area (Å²) in [6, 6.07) is 1.79. The van der Waals surface area contributed by atoms with Crippen LogP contribution in [0.5, 0.6) is 0 Å². The van der Waals surface area contributed by atoms with Crippen molar-refractivity contribution in [1.82, 2.24) is 9.78 Å². The monoisotopic (exact) mass is 281 g/mol. The van der Waals surface area contributed by atoms with Gasteiger partial charge in [0.05, 0.1) is 11.4 Å². The van der Waals surface area contributed by atoms with Gasteiger partial charge in [0.2, 0.25) is 0 Å². The molecular weight excluding hydrogens is 267 g/mol. The average Bonchev–Trinajstić information content (AvgIpc) is 2.85. The molecule has 0 bridgehead atoms. The zero-order chi connectivity index (χ0) is 14.7. The van der Waals surface area contributed by atoms with Crippen molar-refractivity contribution in [2.75, 3.05) is 5.73 Å². The molecule has 0 aliphatic heterocycles. The van der Waals surface area contributed by atoms with Gasteiger partial charge in [0, 0.05) is 17.7 Å². The second-order valence-corrected chi connectivity index (χ2v) is 5.73. The van der Waals surface area contributed by atoms with Gasteiger partial charge < -0.3 is 5.73 Å². The summed E-state index contributed by atoms with van der Waals surface area (Å²) in [4.78, 5) is 0. The number of nitrogen functional groups attached to an aromatic ring is 1. The first-order valence-electron chi connectivity index (χ1n) is 6.34. The van der Waals surface area contributed by atoms with Crippen molar-refractivity contribution in [2.24, 2.45) is 0 Å². The number of hydrogen-bond donors (Lipinski definition) is 1. The van der Waals surface area contributed by atoms with E-state index in [0.717, 1.165) is 36.2 Å². The van der Waals surface area contributed by atoms with Gasteiger partial charge in [0.15, 0.2) is 17.5 Å². The molecule has 1 aliphatic rings. The average molecular weight is 281 g/mol. The Morgan fingerprint density at radius 1 is 1.20 bits per heavy atom. The van der Waals surface area contributed by atoms with Crippen molar-refractivity contribution in [2.45, 2.75) is 32.1 Å². The molecule has 1 aromatic carbocycles. The molecule has 1 aliphatic carbocycles. The third kappa shape index (κ3) is 1.71. The van der Waals surface area contributed by atoms with E-state index in [1.54, 1.807) is 0 Å². The molecule has 2 N–H and O–H groups in total. The highest BCUT2D eigenvalue weighted by Crippen LogP contribution is 2.42. The molecule has 0 atom stereocenters. The maximum Gasteiger partial charge on any atom is 0.194 e. The second kappa shape index (κ2) is 4.01. The molecule has 0 saturated heterocycles. The van der Waals surface area contributed by atoms with E-state index in [1.165, 1.54) is 4.68 Å². The zero-order valence-electron chi connectivity index (χ0n) is 11.2. The maximum atomic E-state index is 13.3. The number of nitrogens with two attached hydrogens (primary N) is 1. The number of nitrogens with zero attached hydrogens (tertiary/aromatic N) is 2. The highest BCUT2D eigenvalue weighted by Gasteiger charge is 2.36. The Kier molecular flexibility index (Phi) is 2.61. The molecule has 0 amide bonds. The molecular formula is C14H14F3N3. The van der Waals surface area contributed by atoms with Crippen LogP contribution in [0.1, 0.15) is 31.5 Å². The first-order valence-corrected chi connectivity index (χ1v) is 6.34. The van der Waals surface area contributed by atoms with E-state index in [-0.39, 0.29) is 11.1 Å². The van der Waals surface area contributed by atoms with Crippen molar-refractivity contribution in [1.29, 1.82) is 0 Å². The van der Waals surface area contributed by atoms with Crippen molar-refractivity contribution >= 4 is 5.82 Å². The zero-order valence-corrected chi connectivity index (χ0v) is 11.2. The molecule has 3 nitrogen and oxygen atoms in total. The highest BCUT2D eigenvalue weighted by molar-refractivity contribution is 5.55. The quantitative estimate of drug-likeness (QED) is 0.816. The van der Waals surface area contributed by atoms with E-state index in [9.17, 15) is 13.2 Å². The van der Waals surface area contributed by atoms with Crippen LogP contribution in [-0.2, 0) is 11.8 Å². The largest absolute Gasteiger partial charge is 0.383 e. The van der Waals surface area contributed by atoms with Crippen molar-refractivity contribution in [3.05, 3.63) is 40.8 Å². The lowest BCUT2D eigenvalue weighted by Crippen LogP contribution is -2.15. The van der Waals surface area contributed by atoms with Gasteiger partial charge >= 0.3 is 0 Å². The van der Waals surface area contributed by atoms with Crippen LogP contribution in [0.15, 0.2) is 12.1 Å². The lowest BCUT2D eigenvalue weighted by atomic mass is 9.87. The molecule has 6 heteroatoms. The minimum absolute atomic E-state index is 0.0871. The van der Waals surface area contributed by atoms with Crippen LogP contribution in [0.4, 0.5) is 19.0 Å². The molecule has 0 fully saturated rings. The third-order valence-electron chi connectivity index (χ3n) is 3.87. The predicted molar refractivity (Wildman–Crippen MR) is 69.2 cm³/mol. The van der Waals surface area contributed by atoms with Gasteiger partial charge in [0.25, 0.3) is 0 Å². The van der Waals surface area contributed by atoms with E-state index in [4.69, 9.17) is 5.73 Å². The summed E-state index contributed by atoms with van der Waals surface area (Å²) in [5, 5.41) is 4.30. The topological polar surface area (TPSA) is 43.8 Å². The minimum Gasteiger partial charge on any atom is -0.383 e. The fourth-order valence-electron chi connectivity index (χ4n) is 2.81. The van der Waals surface area contributed by atoms with Crippen molar-refractivity contribution in [3.63, 3.8) is 0 Å². The van der Waals surface area contributed by atoms with E-state index in [1.807, 2.05) is 13.8 Å². The number of hydrogen-bond acceptors (Lipinski definition) is 2. The summed E-state index contributed by atoms with van der Waals surface area (Å²) in [5.41, 5.74) is 7.77. The van der Waals surface area contributed by atoms with Crippen LogP contribution in [0.3, 0.4) is 0 Å². The number of halogens is 3. The number of anilines is 1.